The third-order valence-corrected chi connectivity index (χ3v) is 4.25. The Morgan fingerprint density at radius 3 is 2.87 bits per heavy atom. The Hall–Kier alpha value is -1.95. The molecule has 0 fully saturated rings. The lowest BCUT2D eigenvalue weighted by atomic mass is 10.2. The Labute approximate surface area is 139 Å². The number of aliphatic hydroxyl groups is 1. The van der Waals surface area contributed by atoms with E-state index >= 15 is 0 Å². The van der Waals surface area contributed by atoms with Crippen LogP contribution in [-0.4, -0.2) is 29.4 Å². The van der Waals surface area contributed by atoms with E-state index in [0.29, 0.717) is 6.61 Å². The maximum atomic E-state index is 9.99. The Morgan fingerprint density at radius 2 is 2.04 bits per heavy atom. The van der Waals surface area contributed by atoms with Gasteiger partial charge in [-0.1, -0.05) is 12.1 Å². The highest BCUT2D eigenvalue weighted by atomic mass is 32.1. The first-order valence-corrected chi connectivity index (χ1v) is 8.38. The molecule has 23 heavy (non-hydrogen) atoms. The van der Waals surface area contributed by atoms with Crippen molar-refractivity contribution in [2.75, 3.05) is 13.2 Å². The van der Waals surface area contributed by atoms with Crippen molar-refractivity contribution in [1.82, 2.24) is 4.98 Å². The average Bonchev–Trinajstić information content (AvgIpc) is 3.06. The van der Waals surface area contributed by atoms with E-state index < -0.39 is 6.10 Å². The molecule has 0 saturated carbocycles. The van der Waals surface area contributed by atoms with Gasteiger partial charge in [-0.15, -0.1) is 11.3 Å². The van der Waals surface area contributed by atoms with E-state index in [4.69, 9.17) is 9.47 Å². The number of nitrogens with zero attached hydrogens (tertiary/aromatic N) is 1. The van der Waals surface area contributed by atoms with Crippen molar-refractivity contribution < 1.29 is 14.6 Å². The lowest BCUT2D eigenvalue weighted by Crippen LogP contribution is -2.23. The first kappa shape index (κ1) is 15.9. The summed E-state index contributed by atoms with van der Waals surface area (Å²) in [5.41, 5.74) is 1.86. The van der Waals surface area contributed by atoms with Crippen LogP contribution >= 0.6 is 11.3 Å². The van der Waals surface area contributed by atoms with Crippen LogP contribution in [0.15, 0.2) is 47.8 Å². The van der Waals surface area contributed by atoms with Crippen LogP contribution in [0, 0.1) is 6.92 Å². The van der Waals surface area contributed by atoms with E-state index in [1.165, 1.54) is 0 Å². The molecule has 0 bridgehead atoms. The number of aliphatic hydroxyl groups excluding tert-OH is 1. The highest BCUT2D eigenvalue weighted by molar-refractivity contribution is 7.09. The van der Waals surface area contributed by atoms with Crippen LogP contribution in [0.2, 0.25) is 0 Å². The summed E-state index contributed by atoms with van der Waals surface area (Å²) in [5.74, 6) is 0.729. The summed E-state index contributed by atoms with van der Waals surface area (Å²) in [6.07, 6.45) is -0.663. The number of thiophene rings is 1. The number of pyridine rings is 1. The van der Waals surface area contributed by atoms with E-state index in [2.05, 4.69) is 4.98 Å². The third-order valence-electron chi connectivity index (χ3n) is 3.40. The van der Waals surface area contributed by atoms with Crippen molar-refractivity contribution in [2.45, 2.75) is 19.6 Å². The number of fused-ring (bicyclic) bond motifs is 1. The largest absolute Gasteiger partial charge is 0.490 e. The van der Waals surface area contributed by atoms with E-state index in [1.807, 2.05) is 54.8 Å². The monoisotopic (exact) mass is 329 g/mol. The molecule has 0 spiro atoms. The molecular formula is C18H19NO3S. The topological polar surface area (TPSA) is 51.6 Å². The standard InChI is InChI=1S/C18H19NO3S/c1-13-7-8-16-17(19-13)5-2-6-18(16)22-11-14(20)10-21-12-15-4-3-9-23-15/h2-9,14,20H,10-12H2,1H3. The molecule has 0 aliphatic heterocycles. The van der Waals surface area contributed by atoms with Gasteiger partial charge in [-0.25, -0.2) is 0 Å². The molecule has 1 unspecified atom stereocenters. The van der Waals surface area contributed by atoms with Crippen LogP contribution in [0.1, 0.15) is 10.6 Å². The molecule has 0 saturated heterocycles. The molecule has 1 atom stereocenters. The van der Waals surface area contributed by atoms with Gasteiger partial charge in [-0.3, -0.25) is 4.98 Å². The Balaban J connectivity index is 1.53. The maximum Gasteiger partial charge on any atom is 0.128 e. The lowest BCUT2D eigenvalue weighted by Gasteiger charge is -2.14. The zero-order chi connectivity index (χ0) is 16.1. The van der Waals surface area contributed by atoms with Gasteiger partial charge in [-0.2, -0.15) is 0 Å². The summed E-state index contributed by atoms with van der Waals surface area (Å²) in [6.45, 7) is 2.92. The van der Waals surface area contributed by atoms with Gasteiger partial charge in [0.05, 0.1) is 18.7 Å². The zero-order valence-electron chi connectivity index (χ0n) is 12.9. The smallest absolute Gasteiger partial charge is 0.128 e. The van der Waals surface area contributed by atoms with Crippen molar-refractivity contribution in [1.29, 1.82) is 0 Å². The number of rotatable bonds is 7. The molecule has 0 aliphatic carbocycles. The summed E-state index contributed by atoms with van der Waals surface area (Å²) in [7, 11) is 0. The van der Waals surface area contributed by atoms with E-state index in [0.717, 1.165) is 27.2 Å². The molecule has 2 heterocycles. The summed E-state index contributed by atoms with van der Waals surface area (Å²) in [4.78, 5) is 5.62. The molecule has 0 aliphatic rings. The van der Waals surface area contributed by atoms with E-state index in [1.54, 1.807) is 11.3 Å². The van der Waals surface area contributed by atoms with Gasteiger partial charge in [0.15, 0.2) is 0 Å². The fraction of sp³-hybridized carbons (Fsp3) is 0.278. The number of hydrogen-bond acceptors (Lipinski definition) is 5. The molecule has 2 aromatic heterocycles. The molecule has 0 amide bonds. The van der Waals surface area contributed by atoms with Crippen LogP contribution in [0.3, 0.4) is 0 Å². The summed E-state index contributed by atoms with van der Waals surface area (Å²) >= 11 is 1.64. The predicted octanol–water partition coefficient (Wildman–Crippen LogP) is 3.56. The number of hydrogen-bond donors (Lipinski definition) is 1. The van der Waals surface area contributed by atoms with Crippen molar-refractivity contribution in [2.24, 2.45) is 0 Å². The first-order chi connectivity index (χ1) is 11.2. The maximum absolute atomic E-state index is 9.99. The van der Waals surface area contributed by atoms with Crippen molar-refractivity contribution in [3.05, 3.63) is 58.4 Å². The molecule has 1 aromatic carbocycles. The molecule has 120 valence electrons. The quantitative estimate of drug-likeness (QED) is 0.720. The summed E-state index contributed by atoms with van der Waals surface area (Å²) in [5, 5.41) is 13.0. The fourth-order valence-corrected chi connectivity index (χ4v) is 2.92. The molecular weight excluding hydrogens is 310 g/mol. The van der Waals surface area contributed by atoms with Crippen LogP contribution in [0.5, 0.6) is 5.75 Å². The number of ether oxygens (including phenoxy) is 2. The third kappa shape index (κ3) is 4.28. The normalized spacial score (nSPS) is 12.4. The minimum atomic E-state index is -0.663. The zero-order valence-corrected chi connectivity index (χ0v) is 13.8. The first-order valence-electron chi connectivity index (χ1n) is 7.50. The Bertz CT molecular complexity index is 758. The van der Waals surface area contributed by atoms with Crippen molar-refractivity contribution in [3.8, 4) is 5.75 Å². The van der Waals surface area contributed by atoms with E-state index in [9.17, 15) is 5.11 Å². The van der Waals surface area contributed by atoms with E-state index in [-0.39, 0.29) is 13.2 Å². The fourth-order valence-electron chi connectivity index (χ4n) is 2.28. The minimum Gasteiger partial charge on any atom is -0.490 e. The predicted molar refractivity (Wildman–Crippen MR) is 92.0 cm³/mol. The van der Waals surface area contributed by atoms with Crippen LogP contribution in [0.4, 0.5) is 0 Å². The SMILES string of the molecule is Cc1ccc2c(OCC(O)COCc3cccs3)cccc2n1. The van der Waals surface area contributed by atoms with Gasteiger partial charge in [0, 0.05) is 16.0 Å². The number of aryl methyl sites for hydroxylation is 1. The van der Waals surface area contributed by atoms with Crippen LogP contribution in [0.25, 0.3) is 10.9 Å². The van der Waals surface area contributed by atoms with Gasteiger partial charge in [0.25, 0.3) is 0 Å². The molecule has 4 nitrogen and oxygen atoms in total. The van der Waals surface area contributed by atoms with Crippen LogP contribution < -0.4 is 4.74 Å². The van der Waals surface area contributed by atoms with Crippen molar-refractivity contribution >= 4 is 22.2 Å². The minimum absolute atomic E-state index is 0.192. The summed E-state index contributed by atoms with van der Waals surface area (Å²) < 4.78 is 11.2. The Kier molecular flexibility index (Phi) is 5.23. The molecule has 1 N–H and O–H groups in total. The Morgan fingerprint density at radius 1 is 1.13 bits per heavy atom. The lowest BCUT2D eigenvalue weighted by molar-refractivity contribution is 0.00652. The highest BCUT2D eigenvalue weighted by Gasteiger charge is 2.08. The average molecular weight is 329 g/mol. The second kappa shape index (κ2) is 7.55. The van der Waals surface area contributed by atoms with Gasteiger partial charge in [0.1, 0.15) is 18.5 Å². The molecule has 3 aromatic rings. The summed E-state index contributed by atoms with van der Waals surface area (Å²) in [6, 6.07) is 13.7. The number of benzene rings is 1. The molecule has 0 radical (unpaired) electrons. The molecule has 3 rings (SSSR count). The number of aromatic nitrogens is 1. The molecule has 5 heteroatoms. The second-order valence-electron chi connectivity index (χ2n) is 5.33. The van der Waals surface area contributed by atoms with Gasteiger partial charge < -0.3 is 14.6 Å². The van der Waals surface area contributed by atoms with Gasteiger partial charge in [0.2, 0.25) is 0 Å². The van der Waals surface area contributed by atoms with Crippen molar-refractivity contribution in [3.63, 3.8) is 0 Å². The van der Waals surface area contributed by atoms with Gasteiger partial charge >= 0.3 is 0 Å². The second-order valence-corrected chi connectivity index (χ2v) is 6.37. The highest BCUT2D eigenvalue weighted by Crippen LogP contribution is 2.24. The van der Waals surface area contributed by atoms with Crippen LogP contribution in [-0.2, 0) is 11.3 Å². The van der Waals surface area contributed by atoms with Gasteiger partial charge in [-0.05, 0) is 42.6 Å².